The van der Waals surface area contributed by atoms with Gasteiger partial charge < -0.3 is 0 Å². The van der Waals surface area contributed by atoms with Crippen LogP contribution in [0.4, 0.5) is 0 Å². The summed E-state index contributed by atoms with van der Waals surface area (Å²) in [7, 11) is 0. The molecule has 0 radical (unpaired) electrons. The Hall–Kier alpha value is -0.510. The third-order valence-electron chi connectivity index (χ3n) is 3.90. The predicted octanol–water partition coefficient (Wildman–Crippen LogP) is 2.44. The minimum absolute atomic E-state index is 0.378. The SMILES string of the molecule is C[C@@H]1[C@H]2C[C@@H]([C@@H]1C#N)[C@H](C)C2. The molecule has 0 N–H and O–H groups in total. The van der Waals surface area contributed by atoms with Crippen LogP contribution in [-0.2, 0) is 0 Å². The minimum Gasteiger partial charge on any atom is -0.198 e. The fourth-order valence-electron chi connectivity index (χ4n) is 3.16. The van der Waals surface area contributed by atoms with Gasteiger partial charge in [0.05, 0.1) is 12.0 Å². The van der Waals surface area contributed by atoms with E-state index in [2.05, 4.69) is 19.9 Å². The first-order valence-electron chi connectivity index (χ1n) is 4.63. The van der Waals surface area contributed by atoms with Crippen molar-refractivity contribution >= 4 is 0 Å². The molecular weight excluding hydrogens is 134 g/mol. The van der Waals surface area contributed by atoms with E-state index in [0.717, 1.165) is 17.8 Å². The second-order valence-corrected chi connectivity index (χ2v) is 4.39. The van der Waals surface area contributed by atoms with E-state index < -0.39 is 0 Å². The van der Waals surface area contributed by atoms with Gasteiger partial charge in [-0.25, -0.2) is 0 Å². The molecule has 1 heteroatoms. The molecule has 0 heterocycles. The standard InChI is InChI=1S/C10H15N/c1-6-3-8-4-9(6)10(5-11)7(8)2/h6-10H,3-4H2,1-2H3/t6-,7-,8-,9-,10-/m1/s1. The Labute approximate surface area is 68.4 Å². The van der Waals surface area contributed by atoms with Crippen molar-refractivity contribution < 1.29 is 0 Å². The minimum atomic E-state index is 0.378. The summed E-state index contributed by atoms with van der Waals surface area (Å²) in [6.45, 7) is 4.56. The lowest BCUT2D eigenvalue weighted by atomic mass is 9.76. The van der Waals surface area contributed by atoms with Gasteiger partial charge in [-0.2, -0.15) is 5.26 Å². The van der Waals surface area contributed by atoms with E-state index in [0.29, 0.717) is 11.8 Å². The number of rotatable bonds is 0. The summed E-state index contributed by atoms with van der Waals surface area (Å²) < 4.78 is 0. The average molecular weight is 149 g/mol. The summed E-state index contributed by atoms with van der Waals surface area (Å²) in [5.41, 5.74) is 0. The lowest BCUT2D eigenvalue weighted by Gasteiger charge is -2.27. The number of hydrogen-bond acceptors (Lipinski definition) is 1. The predicted molar refractivity (Wildman–Crippen MR) is 43.6 cm³/mol. The molecule has 0 saturated heterocycles. The molecule has 2 aliphatic carbocycles. The summed E-state index contributed by atoms with van der Waals surface area (Å²) in [6.07, 6.45) is 2.71. The maximum absolute atomic E-state index is 8.93. The van der Waals surface area contributed by atoms with Crippen LogP contribution in [0.3, 0.4) is 0 Å². The van der Waals surface area contributed by atoms with Crippen molar-refractivity contribution in [2.24, 2.45) is 29.6 Å². The average Bonchev–Trinajstić information content (AvgIpc) is 2.45. The van der Waals surface area contributed by atoms with Crippen molar-refractivity contribution in [3.05, 3.63) is 0 Å². The molecule has 5 atom stereocenters. The first kappa shape index (κ1) is 7.16. The van der Waals surface area contributed by atoms with Gasteiger partial charge in [-0.1, -0.05) is 13.8 Å². The molecule has 0 unspecified atom stereocenters. The van der Waals surface area contributed by atoms with Crippen LogP contribution in [0.15, 0.2) is 0 Å². The third kappa shape index (κ3) is 0.819. The molecule has 0 amide bonds. The summed E-state index contributed by atoms with van der Waals surface area (Å²) in [4.78, 5) is 0. The van der Waals surface area contributed by atoms with Gasteiger partial charge in [0.2, 0.25) is 0 Å². The maximum atomic E-state index is 8.93. The molecule has 1 nitrogen and oxygen atoms in total. The van der Waals surface area contributed by atoms with Crippen molar-refractivity contribution in [2.75, 3.05) is 0 Å². The Kier molecular flexibility index (Phi) is 1.45. The van der Waals surface area contributed by atoms with Crippen molar-refractivity contribution in [3.63, 3.8) is 0 Å². The van der Waals surface area contributed by atoms with Gasteiger partial charge in [-0.15, -0.1) is 0 Å². The van der Waals surface area contributed by atoms with Crippen LogP contribution in [-0.4, -0.2) is 0 Å². The summed E-state index contributed by atoms with van der Waals surface area (Å²) >= 11 is 0. The Morgan fingerprint density at radius 3 is 2.45 bits per heavy atom. The first-order valence-corrected chi connectivity index (χ1v) is 4.63. The summed E-state index contributed by atoms with van der Waals surface area (Å²) in [5.74, 6) is 3.49. The van der Waals surface area contributed by atoms with Crippen LogP contribution in [0, 0.1) is 40.9 Å². The molecule has 2 saturated carbocycles. The fourth-order valence-corrected chi connectivity index (χ4v) is 3.16. The first-order chi connectivity index (χ1) is 5.24. The molecule has 0 aromatic carbocycles. The van der Waals surface area contributed by atoms with Gasteiger partial charge in [-0.3, -0.25) is 0 Å². The van der Waals surface area contributed by atoms with Crippen LogP contribution in [0.5, 0.6) is 0 Å². The highest BCUT2D eigenvalue weighted by molar-refractivity contribution is 5.05. The number of hydrogen-bond donors (Lipinski definition) is 0. The second kappa shape index (κ2) is 2.24. The summed E-state index contributed by atoms with van der Waals surface area (Å²) in [5, 5.41) is 8.93. The van der Waals surface area contributed by atoms with Crippen molar-refractivity contribution in [3.8, 4) is 6.07 Å². The normalized spacial score (nSPS) is 54.5. The van der Waals surface area contributed by atoms with Crippen LogP contribution in [0.1, 0.15) is 26.7 Å². The zero-order chi connectivity index (χ0) is 8.01. The molecule has 2 fully saturated rings. The largest absolute Gasteiger partial charge is 0.198 e. The van der Waals surface area contributed by atoms with E-state index >= 15 is 0 Å². The van der Waals surface area contributed by atoms with Crippen molar-refractivity contribution in [1.82, 2.24) is 0 Å². The zero-order valence-corrected chi connectivity index (χ0v) is 7.25. The number of fused-ring (bicyclic) bond motifs is 2. The van der Waals surface area contributed by atoms with Gasteiger partial charge >= 0.3 is 0 Å². The van der Waals surface area contributed by atoms with Gasteiger partial charge in [0, 0.05) is 0 Å². The van der Waals surface area contributed by atoms with Crippen LogP contribution < -0.4 is 0 Å². The van der Waals surface area contributed by atoms with E-state index in [1.165, 1.54) is 12.8 Å². The Bertz CT molecular complexity index is 203. The highest BCUT2D eigenvalue weighted by Crippen LogP contribution is 2.54. The lowest BCUT2D eigenvalue weighted by molar-refractivity contribution is 0.231. The van der Waals surface area contributed by atoms with Crippen LogP contribution in [0.25, 0.3) is 0 Å². The molecule has 0 aromatic heterocycles. The number of nitrogens with zero attached hydrogens (tertiary/aromatic N) is 1. The molecule has 2 rings (SSSR count). The monoisotopic (exact) mass is 149 g/mol. The maximum Gasteiger partial charge on any atom is 0.0661 e. The second-order valence-electron chi connectivity index (χ2n) is 4.39. The Morgan fingerprint density at radius 2 is 2.00 bits per heavy atom. The van der Waals surface area contributed by atoms with Crippen molar-refractivity contribution in [2.45, 2.75) is 26.7 Å². The molecule has 0 aliphatic heterocycles. The summed E-state index contributed by atoms with van der Waals surface area (Å²) in [6, 6.07) is 2.48. The van der Waals surface area contributed by atoms with Crippen molar-refractivity contribution in [1.29, 1.82) is 5.26 Å². The quantitative estimate of drug-likeness (QED) is 0.519. The Morgan fingerprint density at radius 1 is 1.27 bits per heavy atom. The molecule has 0 aromatic rings. The van der Waals surface area contributed by atoms with Crippen LogP contribution in [0.2, 0.25) is 0 Å². The Balaban J connectivity index is 2.21. The lowest BCUT2D eigenvalue weighted by Crippen LogP contribution is -2.23. The van der Waals surface area contributed by atoms with Gasteiger partial charge in [0.1, 0.15) is 0 Å². The highest BCUT2D eigenvalue weighted by Gasteiger charge is 2.48. The molecule has 11 heavy (non-hydrogen) atoms. The van der Waals surface area contributed by atoms with E-state index in [1.807, 2.05) is 0 Å². The molecule has 2 bridgehead atoms. The molecule has 0 spiro atoms. The molecular formula is C10H15N. The smallest absolute Gasteiger partial charge is 0.0661 e. The highest BCUT2D eigenvalue weighted by atomic mass is 14.5. The fraction of sp³-hybridized carbons (Fsp3) is 0.900. The van der Waals surface area contributed by atoms with Crippen LogP contribution >= 0.6 is 0 Å². The number of nitriles is 1. The third-order valence-corrected chi connectivity index (χ3v) is 3.90. The van der Waals surface area contributed by atoms with Gasteiger partial charge in [0.25, 0.3) is 0 Å². The van der Waals surface area contributed by atoms with Gasteiger partial charge in [0.15, 0.2) is 0 Å². The molecule has 2 aliphatic rings. The van der Waals surface area contributed by atoms with E-state index in [4.69, 9.17) is 5.26 Å². The van der Waals surface area contributed by atoms with Gasteiger partial charge in [-0.05, 0) is 36.5 Å². The van der Waals surface area contributed by atoms with E-state index in [-0.39, 0.29) is 0 Å². The van der Waals surface area contributed by atoms with E-state index in [1.54, 1.807) is 0 Å². The zero-order valence-electron chi connectivity index (χ0n) is 7.25. The van der Waals surface area contributed by atoms with E-state index in [9.17, 15) is 0 Å². The topological polar surface area (TPSA) is 23.8 Å². The molecule has 60 valence electrons.